The summed E-state index contributed by atoms with van der Waals surface area (Å²) in [5.74, 6) is 0.294. The number of hydrogen-bond donors (Lipinski definition) is 2. The second-order valence-corrected chi connectivity index (χ2v) is 3.42. The highest BCUT2D eigenvalue weighted by Gasteiger charge is 2.00. The molecule has 3 nitrogen and oxygen atoms in total. The third kappa shape index (κ3) is 1.07. The number of fused-ring (bicyclic) bond motifs is 1. The Balaban J connectivity index is 2.86. The van der Waals surface area contributed by atoms with Crippen molar-refractivity contribution >= 4 is 33.5 Å². The Morgan fingerprint density at radius 1 is 1.45 bits per heavy atom. The van der Waals surface area contributed by atoms with E-state index in [2.05, 4.69) is 32.8 Å². The lowest BCUT2D eigenvalue weighted by Gasteiger charge is -1.94. The van der Waals surface area contributed by atoms with Gasteiger partial charge in [-0.1, -0.05) is 0 Å². The van der Waals surface area contributed by atoms with Gasteiger partial charge < -0.3 is 5.11 Å². The molecule has 0 amide bonds. The van der Waals surface area contributed by atoms with Gasteiger partial charge in [-0.05, 0) is 28.7 Å². The van der Waals surface area contributed by atoms with Gasteiger partial charge in [-0.3, -0.25) is 5.10 Å². The van der Waals surface area contributed by atoms with Crippen LogP contribution in [0.1, 0.15) is 0 Å². The number of phenolic OH excluding ortho intramolecular Hbond substituents is 1. The van der Waals surface area contributed by atoms with E-state index in [1.807, 2.05) is 6.07 Å². The second kappa shape index (κ2) is 2.37. The predicted molar refractivity (Wildman–Crippen MR) is 50.5 cm³/mol. The number of hydrogen-bond acceptors (Lipinski definition) is 2. The summed E-state index contributed by atoms with van der Waals surface area (Å²) in [5, 5.41) is 16.9. The van der Waals surface area contributed by atoms with Crippen molar-refractivity contribution in [2.24, 2.45) is 0 Å². The van der Waals surface area contributed by atoms with E-state index >= 15 is 0 Å². The molecule has 0 aliphatic rings. The molecule has 0 fully saturated rings. The fourth-order valence-corrected chi connectivity index (χ4v) is 1.44. The highest BCUT2D eigenvalue weighted by molar-refractivity contribution is 14.1. The summed E-state index contributed by atoms with van der Waals surface area (Å²) in [4.78, 5) is 0. The van der Waals surface area contributed by atoms with Gasteiger partial charge in [-0.25, -0.2) is 0 Å². The zero-order valence-corrected chi connectivity index (χ0v) is 7.66. The van der Waals surface area contributed by atoms with Crippen molar-refractivity contribution in [2.75, 3.05) is 0 Å². The van der Waals surface area contributed by atoms with Crippen molar-refractivity contribution in [2.45, 2.75) is 0 Å². The summed E-state index contributed by atoms with van der Waals surface area (Å²) in [6.07, 6.45) is 1.73. The molecule has 0 bridgehead atoms. The van der Waals surface area contributed by atoms with E-state index in [9.17, 15) is 5.11 Å². The van der Waals surface area contributed by atoms with Gasteiger partial charge in [0.1, 0.15) is 5.75 Å². The highest BCUT2D eigenvalue weighted by Crippen LogP contribution is 2.24. The molecule has 2 aromatic rings. The number of phenols is 1. The Bertz CT molecular complexity index is 360. The van der Waals surface area contributed by atoms with Gasteiger partial charge in [-0.2, -0.15) is 5.10 Å². The number of nitrogens with zero attached hydrogens (tertiary/aromatic N) is 1. The van der Waals surface area contributed by atoms with Crippen LogP contribution in [0.25, 0.3) is 10.9 Å². The van der Waals surface area contributed by atoms with Crippen LogP contribution in [0.5, 0.6) is 5.75 Å². The van der Waals surface area contributed by atoms with Gasteiger partial charge in [0, 0.05) is 11.5 Å². The maximum Gasteiger partial charge on any atom is 0.131 e. The summed E-state index contributed by atoms with van der Waals surface area (Å²) < 4.78 is 0.844. The minimum absolute atomic E-state index is 0.294. The molecule has 1 aromatic heterocycles. The fourth-order valence-electron chi connectivity index (χ4n) is 0.952. The molecular formula is C7H5IN2O. The van der Waals surface area contributed by atoms with E-state index in [1.54, 1.807) is 12.3 Å². The second-order valence-electron chi connectivity index (χ2n) is 2.26. The molecular weight excluding hydrogens is 255 g/mol. The summed E-state index contributed by atoms with van der Waals surface area (Å²) in [6.45, 7) is 0. The Labute approximate surface area is 76.6 Å². The molecule has 1 aromatic carbocycles. The van der Waals surface area contributed by atoms with Crippen molar-refractivity contribution in [1.82, 2.24) is 10.2 Å². The SMILES string of the molecule is Oc1cc2[nH]ncc2cc1I. The molecule has 1 heterocycles. The van der Waals surface area contributed by atoms with Crippen LogP contribution >= 0.6 is 22.6 Å². The number of rotatable bonds is 0. The van der Waals surface area contributed by atoms with Crippen molar-refractivity contribution in [3.63, 3.8) is 0 Å². The topological polar surface area (TPSA) is 48.9 Å². The van der Waals surface area contributed by atoms with E-state index < -0.39 is 0 Å². The maximum atomic E-state index is 9.28. The first-order valence-electron chi connectivity index (χ1n) is 3.09. The van der Waals surface area contributed by atoms with Crippen molar-refractivity contribution < 1.29 is 5.11 Å². The Morgan fingerprint density at radius 3 is 3.09 bits per heavy atom. The molecule has 2 rings (SSSR count). The molecule has 56 valence electrons. The number of nitrogens with one attached hydrogen (secondary N) is 1. The molecule has 0 aliphatic heterocycles. The lowest BCUT2D eigenvalue weighted by atomic mass is 10.2. The van der Waals surface area contributed by atoms with Crippen LogP contribution in [0, 0.1) is 3.57 Å². The normalized spacial score (nSPS) is 10.6. The van der Waals surface area contributed by atoms with Gasteiger partial charge in [0.15, 0.2) is 0 Å². The van der Waals surface area contributed by atoms with E-state index in [4.69, 9.17) is 0 Å². The van der Waals surface area contributed by atoms with Crippen LogP contribution in [0.15, 0.2) is 18.3 Å². The summed E-state index contributed by atoms with van der Waals surface area (Å²) in [7, 11) is 0. The quantitative estimate of drug-likeness (QED) is 0.710. The van der Waals surface area contributed by atoms with E-state index in [-0.39, 0.29) is 0 Å². The minimum Gasteiger partial charge on any atom is -0.507 e. The van der Waals surface area contributed by atoms with Crippen LogP contribution in [-0.4, -0.2) is 15.3 Å². The number of aromatic amines is 1. The smallest absolute Gasteiger partial charge is 0.131 e. The summed E-state index contributed by atoms with van der Waals surface area (Å²) >= 11 is 2.08. The van der Waals surface area contributed by atoms with Crippen LogP contribution < -0.4 is 0 Å². The minimum atomic E-state index is 0.294. The number of aromatic nitrogens is 2. The predicted octanol–water partition coefficient (Wildman–Crippen LogP) is 1.87. The molecule has 0 unspecified atom stereocenters. The van der Waals surface area contributed by atoms with Crippen molar-refractivity contribution in [1.29, 1.82) is 0 Å². The van der Waals surface area contributed by atoms with Crippen LogP contribution in [-0.2, 0) is 0 Å². The van der Waals surface area contributed by atoms with Gasteiger partial charge >= 0.3 is 0 Å². The zero-order valence-electron chi connectivity index (χ0n) is 5.50. The monoisotopic (exact) mass is 260 g/mol. The Kier molecular flexibility index (Phi) is 1.49. The van der Waals surface area contributed by atoms with Gasteiger partial charge in [0.25, 0.3) is 0 Å². The van der Waals surface area contributed by atoms with E-state index in [0.717, 1.165) is 14.5 Å². The molecule has 2 N–H and O–H groups in total. The summed E-state index contributed by atoms with van der Waals surface area (Å²) in [6, 6.07) is 3.55. The average Bonchev–Trinajstić information content (AvgIpc) is 2.36. The molecule has 0 saturated heterocycles. The van der Waals surface area contributed by atoms with Crippen LogP contribution in [0.4, 0.5) is 0 Å². The molecule has 0 radical (unpaired) electrons. The number of benzene rings is 1. The lowest BCUT2D eigenvalue weighted by molar-refractivity contribution is 0.472. The number of aromatic hydroxyl groups is 1. The van der Waals surface area contributed by atoms with E-state index in [0.29, 0.717) is 5.75 Å². The molecule has 11 heavy (non-hydrogen) atoms. The summed E-state index contributed by atoms with van der Waals surface area (Å²) in [5.41, 5.74) is 0.864. The van der Waals surface area contributed by atoms with Crippen LogP contribution in [0.3, 0.4) is 0 Å². The van der Waals surface area contributed by atoms with Crippen molar-refractivity contribution in [3.05, 3.63) is 21.9 Å². The zero-order chi connectivity index (χ0) is 7.84. The first kappa shape index (κ1) is 6.90. The van der Waals surface area contributed by atoms with Crippen LogP contribution in [0.2, 0.25) is 0 Å². The van der Waals surface area contributed by atoms with Crippen molar-refractivity contribution in [3.8, 4) is 5.75 Å². The molecule has 4 heteroatoms. The van der Waals surface area contributed by atoms with Gasteiger partial charge in [0.05, 0.1) is 15.3 Å². The standard InChI is InChI=1S/C7H5IN2O/c8-5-1-4-3-9-10-6(4)2-7(5)11/h1-3,11H,(H,9,10). The first-order valence-corrected chi connectivity index (χ1v) is 4.17. The molecule has 0 saturated carbocycles. The first-order chi connectivity index (χ1) is 5.27. The number of halogens is 1. The van der Waals surface area contributed by atoms with Gasteiger partial charge in [0.2, 0.25) is 0 Å². The van der Waals surface area contributed by atoms with Gasteiger partial charge in [-0.15, -0.1) is 0 Å². The molecule has 0 atom stereocenters. The highest BCUT2D eigenvalue weighted by atomic mass is 127. The number of H-pyrrole nitrogens is 1. The Hall–Kier alpha value is -0.780. The Morgan fingerprint density at radius 2 is 2.27 bits per heavy atom. The maximum absolute atomic E-state index is 9.28. The third-order valence-corrected chi connectivity index (χ3v) is 2.37. The van der Waals surface area contributed by atoms with E-state index in [1.165, 1.54) is 0 Å². The third-order valence-electron chi connectivity index (χ3n) is 1.51. The lowest BCUT2D eigenvalue weighted by Crippen LogP contribution is -1.73. The average molecular weight is 260 g/mol. The molecule has 0 spiro atoms. The largest absolute Gasteiger partial charge is 0.507 e. The molecule has 0 aliphatic carbocycles. The fraction of sp³-hybridized carbons (Fsp3) is 0.